The molecule has 0 saturated carbocycles. The topological polar surface area (TPSA) is 56.9 Å². The minimum absolute atomic E-state index is 0.612. The Morgan fingerprint density at radius 3 is 2.48 bits per heavy atom. The highest BCUT2D eigenvalue weighted by molar-refractivity contribution is 5.83. The van der Waals surface area contributed by atoms with Gasteiger partial charge in [-0.05, 0) is 28.5 Å². The zero-order valence-electron chi connectivity index (χ0n) is 11.3. The van der Waals surface area contributed by atoms with Gasteiger partial charge in [0.1, 0.15) is 12.0 Å². The number of pyridine rings is 1. The fraction of sp³-hybridized carbons (Fsp3) is 0.111. The molecule has 0 spiro atoms. The summed E-state index contributed by atoms with van der Waals surface area (Å²) < 4.78 is 0. The highest BCUT2D eigenvalue weighted by atomic mass is 16.3. The second-order valence-corrected chi connectivity index (χ2v) is 4.94. The summed E-state index contributed by atoms with van der Waals surface area (Å²) in [4.78, 5) is 4.00. The first-order chi connectivity index (χ1) is 10.3. The first-order valence-electron chi connectivity index (χ1n) is 6.76. The molecule has 0 fully saturated rings. The maximum atomic E-state index is 10.4. The van der Waals surface area contributed by atoms with Gasteiger partial charge in [-0.15, -0.1) is 0 Å². The molecule has 0 aliphatic heterocycles. The van der Waals surface area contributed by atoms with E-state index in [1.165, 1.54) is 0 Å². The quantitative estimate of drug-likeness (QED) is 0.794. The third-order valence-corrected chi connectivity index (χ3v) is 3.61. The molecule has 3 nitrogen and oxygen atoms in total. The van der Waals surface area contributed by atoms with Gasteiger partial charge in [-0.2, -0.15) is 5.26 Å². The molecule has 0 bridgehead atoms. The van der Waals surface area contributed by atoms with Crippen LogP contribution in [-0.4, -0.2) is 10.1 Å². The molecule has 2 unspecified atom stereocenters. The zero-order chi connectivity index (χ0) is 14.7. The lowest BCUT2D eigenvalue weighted by atomic mass is 9.90. The van der Waals surface area contributed by atoms with Gasteiger partial charge in [0.15, 0.2) is 0 Å². The third kappa shape index (κ3) is 2.62. The number of aromatic nitrogens is 1. The number of rotatable bonds is 3. The minimum Gasteiger partial charge on any atom is -0.387 e. The van der Waals surface area contributed by atoms with Gasteiger partial charge in [-0.1, -0.05) is 42.5 Å². The molecule has 0 amide bonds. The molecule has 0 aliphatic carbocycles. The van der Waals surface area contributed by atoms with E-state index in [9.17, 15) is 10.4 Å². The Hall–Kier alpha value is -2.70. The van der Waals surface area contributed by atoms with E-state index in [0.29, 0.717) is 5.56 Å². The molecule has 0 aliphatic rings. The maximum absolute atomic E-state index is 10.4. The summed E-state index contributed by atoms with van der Waals surface area (Å²) in [5, 5.41) is 22.1. The predicted molar refractivity (Wildman–Crippen MR) is 81.5 cm³/mol. The number of nitriles is 1. The van der Waals surface area contributed by atoms with Crippen LogP contribution in [0.3, 0.4) is 0 Å². The van der Waals surface area contributed by atoms with Crippen molar-refractivity contribution in [1.82, 2.24) is 4.98 Å². The maximum Gasteiger partial charge on any atom is 0.101 e. The van der Waals surface area contributed by atoms with Crippen molar-refractivity contribution in [1.29, 1.82) is 5.26 Å². The van der Waals surface area contributed by atoms with Crippen molar-refractivity contribution in [3.8, 4) is 6.07 Å². The molecule has 102 valence electrons. The Morgan fingerprint density at radius 1 is 0.952 bits per heavy atom. The average Bonchev–Trinajstić information content (AvgIpc) is 2.56. The Kier molecular flexibility index (Phi) is 3.63. The molecule has 21 heavy (non-hydrogen) atoms. The van der Waals surface area contributed by atoms with Crippen LogP contribution in [0, 0.1) is 11.3 Å². The molecular formula is C18H14N2O. The number of nitrogens with zero attached hydrogens (tertiary/aromatic N) is 2. The second-order valence-electron chi connectivity index (χ2n) is 4.94. The van der Waals surface area contributed by atoms with Crippen LogP contribution in [0.4, 0.5) is 0 Å². The molecular weight excluding hydrogens is 260 g/mol. The summed E-state index contributed by atoms with van der Waals surface area (Å²) in [5.41, 5.74) is 1.46. The van der Waals surface area contributed by atoms with Gasteiger partial charge in [0.2, 0.25) is 0 Å². The molecule has 0 radical (unpaired) electrons. The van der Waals surface area contributed by atoms with Gasteiger partial charge >= 0.3 is 0 Å². The second kappa shape index (κ2) is 5.74. The van der Waals surface area contributed by atoms with Crippen LogP contribution in [0.1, 0.15) is 23.1 Å². The summed E-state index contributed by atoms with van der Waals surface area (Å²) in [5.74, 6) is -0.612. The van der Waals surface area contributed by atoms with Crippen LogP contribution in [0.5, 0.6) is 0 Å². The molecule has 1 aromatic heterocycles. The van der Waals surface area contributed by atoms with E-state index in [2.05, 4.69) is 11.1 Å². The van der Waals surface area contributed by atoms with Gasteiger partial charge in [-0.3, -0.25) is 4.98 Å². The predicted octanol–water partition coefficient (Wildman–Crippen LogP) is 3.58. The molecule has 3 rings (SSSR count). The van der Waals surface area contributed by atoms with Crippen molar-refractivity contribution < 1.29 is 5.11 Å². The Morgan fingerprint density at radius 2 is 1.76 bits per heavy atom. The van der Waals surface area contributed by atoms with Gasteiger partial charge in [0.25, 0.3) is 0 Å². The number of hydrogen-bond acceptors (Lipinski definition) is 3. The lowest BCUT2D eigenvalue weighted by Crippen LogP contribution is -2.09. The number of aliphatic hydroxyl groups excluding tert-OH is 1. The average molecular weight is 274 g/mol. The molecule has 1 heterocycles. The number of hydrogen-bond donors (Lipinski definition) is 1. The van der Waals surface area contributed by atoms with Crippen molar-refractivity contribution in [2.75, 3.05) is 0 Å². The SMILES string of the molecule is N#CC(c1ccc2ccccc2c1)C(O)c1cccnc1. The monoisotopic (exact) mass is 274 g/mol. The molecule has 3 heteroatoms. The molecule has 2 aromatic carbocycles. The van der Waals surface area contributed by atoms with E-state index in [0.717, 1.165) is 16.3 Å². The van der Waals surface area contributed by atoms with Crippen LogP contribution in [0.2, 0.25) is 0 Å². The van der Waals surface area contributed by atoms with E-state index < -0.39 is 12.0 Å². The minimum atomic E-state index is -0.884. The number of aliphatic hydroxyl groups is 1. The zero-order valence-corrected chi connectivity index (χ0v) is 11.3. The third-order valence-electron chi connectivity index (χ3n) is 3.61. The summed E-state index contributed by atoms with van der Waals surface area (Å²) in [6.45, 7) is 0. The van der Waals surface area contributed by atoms with E-state index in [-0.39, 0.29) is 0 Å². The Bertz CT molecular complexity index is 793. The van der Waals surface area contributed by atoms with Crippen molar-refractivity contribution in [3.63, 3.8) is 0 Å². The first kappa shape index (κ1) is 13.3. The van der Waals surface area contributed by atoms with Crippen LogP contribution in [0.15, 0.2) is 67.0 Å². The van der Waals surface area contributed by atoms with Gasteiger partial charge < -0.3 is 5.11 Å². The fourth-order valence-corrected chi connectivity index (χ4v) is 2.47. The first-order valence-corrected chi connectivity index (χ1v) is 6.76. The normalized spacial score (nSPS) is 13.5. The van der Waals surface area contributed by atoms with E-state index >= 15 is 0 Å². The van der Waals surface area contributed by atoms with Gasteiger partial charge in [0, 0.05) is 18.0 Å². The van der Waals surface area contributed by atoms with Crippen LogP contribution in [0.25, 0.3) is 10.8 Å². The fourth-order valence-electron chi connectivity index (χ4n) is 2.47. The highest BCUT2D eigenvalue weighted by Gasteiger charge is 2.22. The Labute approximate surface area is 123 Å². The van der Waals surface area contributed by atoms with Gasteiger partial charge in [0.05, 0.1) is 6.07 Å². The highest BCUT2D eigenvalue weighted by Crippen LogP contribution is 2.31. The summed E-state index contributed by atoms with van der Waals surface area (Å²) in [7, 11) is 0. The van der Waals surface area contributed by atoms with E-state index in [1.54, 1.807) is 24.5 Å². The van der Waals surface area contributed by atoms with Crippen LogP contribution < -0.4 is 0 Å². The Balaban J connectivity index is 2.00. The van der Waals surface area contributed by atoms with Crippen molar-refractivity contribution in [2.45, 2.75) is 12.0 Å². The molecule has 1 N–H and O–H groups in total. The molecule has 2 atom stereocenters. The number of benzene rings is 2. The standard InChI is InChI=1S/C18H14N2O/c19-11-17(18(21)16-6-3-9-20-12-16)15-8-7-13-4-1-2-5-14(13)10-15/h1-10,12,17-18,21H. The van der Waals surface area contributed by atoms with E-state index in [1.807, 2.05) is 42.5 Å². The van der Waals surface area contributed by atoms with Crippen LogP contribution in [-0.2, 0) is 0 Å². The number of fused-ring (bicyclic) bond motifs is 1. The van der Waals surface area contributed by atoms with Crippen molar-refractivity contribution in [3.05, 3.63) is 78.1 Å². The molecule has 3 aromatic rings. The van der Waals surface area contributed by atoms with Crippen molar-refractivity contribution >= 4 is 10.8 Å². The lowest BCUT2D eigenvalue weighted by Gasteiger charge is -2.17. The smallest absolute Gasteiger partial charge is 0.101 e. The largest absolute Gasteiger partial charge is 0.387 e. The summed E-state index contributed by atoms with van der Waals surface area (Å²) in [6.07, 6.45) is 2.36. The summed E-state index contributed by atoms with van der Waals surface area (Å²) >= 11 is 0. The molecule has 0 saturated heterocycles. The van der Waals surface area contributed by atoms with Gasteiger partial charge in [-0.25, -0.2) is 0 Å². The lowest BCUT2D eigenvalue weighted by molar-refractivity contribution is 0.164. The van der Waals surface area contributed by atoms with E-state index in [4.69, 9.17) is 0 Å². The van der Waals surface area contributed by atoms with Crippen molar-refractivity contribution in [2.24, 2.45) is 0 Å². The summed E-state index contributed by atoms with van der Waals surface area (Å²) in [6, 6.07) is 19.6. The van der Waals surface area contributed by atoms with Crippen LogP contribution >= 0.6 is 0 Å².